The molecule has 0 fully saturated rings. The normalized spacial score (nSPS) is 14.1. The van der Waals surface area contributed by atoms with E-state index in [2.05, 4.69) is 0 Å². The third-order valence-corrected chi connectivity index (χ3v) is 4.76. The number of rotatable bonds is 3. The second-order valence-electron chi connectivity index (χ2n) is 6.66. The molecule has 4 rings (SSSR count). The molecule has 0 aromatic heterocycles. The summed E-state index contributed by atoms with van der Waals surface area (Å²) in [4.78, 5) is 29.4. The summed E-state index contributed by atoms with van der Waals surface area (Å²) in [6.45, 7) is 0.981. The van der Waals surface area contributed by atoms with Gasteiger partial charge in [0.25, 0.3) is 11.8 Å². The monoisotopic (exact) mass is 333 g/mol. The molecule has 1 aliphatic heterocycles. The summed E-state index contributed by atoms with van der Waals surface area (Å²) in [5.74, 6) is -0.494. The van der Waals surface area contributed by atoms with Gasteiger partial charge in [0, 0.05) is 35.1 Å². The summed E-state index contributed by atoms with van der Waals surface area (Å²) in [6, 6.07) is 13.2. The Balaban J connectivity index is 2.05. The van der Waals surface area contributed by atoms with Gasteiger partial charge in [0.1, 0.15) is 0 Å². The predicted octanol–water partition coefficient (Wildman–Crippen LogP) is 2.73. The van der Waals surface area contributed by atoms with Gasteiger partial charge in [0.05, 0.1) is 5.56 Å². The van der Waals surface area contributed by atoms with E-state index in [1.165, 1.54) is 4.90 Å². The molecule has 2 amide bonds. The summed E-state index contributed by atoms with van der Waals surface area (Å²) < 4.78 is 0. The first-order valence-corrected chi connectivity index (χ1v) is 8.24. The van der Waals surface area contributed by atoms with Crippen LogP contribution in [0.2, 0.25) is 0 Å². The molecule has 0 bridgehead atoms. The number of nitrogen functional groups attached to an aromatic ring is 1. The number of likely N-dealkylation sites (N-methyl/N-ethyl adjacent to an activating group) is 1. The van der Waals surface area contributed by atoms with Crippen LogP contribution in [0.1, 0.15) is 20.7 Å². The first-order valence-electron chi connectivity index (χ1n) is 8.24. The molecule has 25 heavy (non-hydrogen) atoms. The third-order valence-electron chi connectivity index (χ3n) is 4.76. The summed E-state index contributed by atoms with van der Waals surface area (Å²) in [6.07, 6.45) is 0. The Morgan fingerprint density at radius 1 is 1.00 bits per heavy atom. The number of nitrogens with two attached hydrogens (primary N) is 1. The number of carbonyl (C=O) groups excluding carboxylic acids is 2. The van der Waals surface area contributed by atoms with Crippen LogP contribution in [0.5, 0.6) is 0 Å². The molecule has 3 aromatic carbocycles. The number of amides is 2. The van der Waals surface area contributed by atoms with Crippen LogP contribution >= 0.6 is 0 Å². The SMILES string of the molecule is CN(C)CCN1C(=O)c2ccc(N)c3cc4ccccc4c(c23)C1=O. The van der Waals surface area contributed by atoms with Crippen LogP contribution in [0.3, 0.4) is 0 Å². The fourth-order valence-corrected chi connectivity index (χ4v) is 3.48. The quantitative estimate of drug-likeness (QED) is 0.455. The Labute approximate surface area is 145 Å². The van der Waals surface area contributed by atoms with Crippen molar-refractivity contribution in [3.63, 3.8) is 0 Å². The first kappa shape index (κ1) is 15.6. The Bertz CT molecular complexity index is 1040. The van der Waals surface area contributed by atoms with Crippen LogP contribution < -0.4 is 5.73 Å². The van der Waals surface area contributed by atoms with Crippen molar-refractivity contribution in [3.8, 4) is 0 Å². The minimum Gasteiger partial charge on any atom is -0.398 e. The van der Waals surface area contributed by atoms with E-state index in [9.17, 15) is 9.59 Å². The highest BCUT2D eigenvalue weighted by Gasteiger charge is 2.34. The van der Waals surface area contributed by atoms with Crippen LogP contribution in [0, 0.1) is 0 Å². The van der Waals surface area contributed by atoms with Crippen LogP contribution in [0.25, 0.3) is 21.5 Å². The van der Waals surface area contributed by atoms with Crippen LogP contribution in [0.4, 0.5) is 5.69 Å². The van der Waals surface area contributed by atoms with Crippen LogP contribution in [0.15, 0.2) is 42.5 Å². The lowest BCUT2D eigenvalue weighted by Gasteiger charge is -2.29. The Morgan fingerprint density at radius 3 is 2.52 bits per heavy atom. The molecular weight excluding hydrogens is 314 g/mol. The van der Waals surface area contributed by atoms with Crippen molar-refractivity contribution in [3.05, 3.63) is 53.6 Å². The lowest BCUT2D eigenvalue weighted by atomic mass is 9.89. The molecule has 0 saturated carbocycles. The average molecular weight is 333 g/mol. The summed E-state index contributed by atoms with van der Waals surface area (Å²) in [7, 11) is 3.84. The van der Waals surface area contributed by atoms with Gasteiger partial charge in [-0.3, -0.25) is 14.5 Å². The number of benzene rings is 3. The highest BCUT2D eigenvalue weighted by Crippen LogP contribution is 2.38. The fourth-order valence-electron chi connectivity index (χ4n) is 3.48. The zero-order valence-electron chi connectivity index (χ0n) is 14.2. The number of fused-ring (bicyclic) bond motifs is 2. The Kier molecular flexibility index (Phi) is 3.47. The van der Waals surface area contributed by atoms with Gasteiger partial charge in [-0.1, -0.05) is 24.3 Å². The van der Waals surface area contributed by atoms with Crippen molar-refractivity contribution in [2.24, 2.45) is 0 Å². The largest absolute Gasteiger partial charge is 0.398 e. The van der Waals surface area contributed by atoms with Crippen molar-refractivity contribution in [2.45, 2.75) is 0 Å². The molecule has 0 atom stereocenters. The zero-order chi connectivity index (χ0) is 17.7. The lowest BCUT2D eigenvalue weighted by molar-refractivity contribution is 0.0602. The lowest BCUT2D eigenvalue weighted by Crippen LogP contribution is -2.43. The van der Waals surface area contributed by atoms with Gasteiger partial charge < -0.3 is 10.6 Å². The van der Waals surface area contributed by atoms with Gasteiger partial charge in [0.15, 0.2) is 0 Å². The van der Waals surface area contributed by atoms with Gasteiger partial charge in [-0.2, -0.15) is 0 Å². The molecule has 1 heterocycles. The Hall–Kier alpha value is -2.92. The van der Waals surface area contributed by atoms with E-state index in [0.717, 1.165) is 16.2 Å². The second-order valence-corrected chi connectivity index (χ2v) is 6.66. The zero-order valence-corrected chi connectivity index (χ0v) is 14.2. The summed E-state index contributed by atoms with van der Waals surface area (Å²) in [5, 5.41) is 3.24. The molecule has 0 spiro atoms. The summed E-state index contributed by atoms with van der Waals surface area (Å²) >= 11 is 0. The molecule has 3 aromatic rings. The fraction of sp³-hybridized carbons (Fsp3) is 0.200. The number of nitrogens with zero attached hydrogens (tertiary/aromatic N) is 2. The predicted molar refractivity (Wildman–Crippen MR) is 99.8 cm³/mol. The highest BCUT2D eigenvalue weighted by molar-refractivity contribution is 6.31. The molecule has 5 heteroatoms. The van der Waals surface area contributed by atoms with E-state index in [1.807, 2.05) is 49.3 Å². The maximum Gasteiger partial charge on any atom is 0.262 e. The number of carbonyl (C=O) groups is 2. The van der Waals surface area contributed by atoms with Gasteiger partial charge in [-0.15, -0.1) is 0 Å². The van der Waals surface area contributed by atoms with Crippen molar-refractivity contribution in [1.29, 1.82) is 0 Å². The minimum absolute atomic E-state index is 0.244. The van der Waals surface area contributed by atoms with Gasteiger partial charge in [-0.25, -0.2) is 0 Å². The number of hydrogen-bond donors (Lipinski definition) is 1. The maximum absolute atomic E-state index is 13.2. The molecule has 0 unspecified atom stereocenters. The van der Waals surface area contributed by atoms with Crippen LogP contribution in [-0.2, 0) is 0 Å². The van der Waals surface area contributed by atoms with E-state index >= 15 is 0 Å². The Morgan fingerprint density at radius 2 is 1.76 bits per heavy atom. The minimum atomic E-state index is -0.250. The van der Waals surface area contributed by atoms with E-state index in [4.69, 9.17) is 5.73 Å². The second kappa shape index (κ2) is 5.57. The first-order chi connectivity index (χ1) is 12.0. The number of anilines is 1. The molecule has 2 N–H and O–H groups in total. The smallest absolute Gasteiger partial charge is 0.262 e. The maximum atomic E-state index is 13.2. The highest BCUT2D eigenvalue weighted by atomic mass is 16.2. The summed E-state index contributed by atoms with van der Waals surface area (Å²) in [5.41, 5.74) is 7.84. The topological polar surface area (TPSA) is 66.6 Å². The average Bonchev–Trinajstić information content (AvgIpc) is 2.59. The van der Waals surface area contributed by atoms with Crippen molar-refractivity contribution in [1.82, 2.24) is 9.80 Å². The van der Waals surface area contributed by atoms with E-state index in [0.29, 0.717) is 35.3 Å². The van der Waals surface area contributed by atoms with E-state index in [-0.39, 0.29) is 11.8 Å². The molecule has 1 aliphatic rings. The van der Waals surface area contributed by atoms with Gasteiger partial charge in [-0.05, 0) is 43.1 Å². The van der Waals surface area contributed by atoms with Crippen LogP contribution in [-0.4, -0.2) is 48.8 Å². The van der Waals surface area contributed by atoms with Crippen molar-refractivity contribution in [2.75, 3.05) is 32.9 Å². The van der Waals surface area contributed by atoms with Gasteiger partial charge in [0.2, 0.25) is 0 Å². The van der Waals surface area contributed by atoms with Crippen molar-refractivity contribution < 1.29 is 9.59 Å². The molecule has 126 valence electrons. The molecule has 0 saturated heterocycles. The molecule has 5 nitrogen and oxygen atoms in total. The van der Waals surface area contributed by atoms with E-state index < -0.39 is 0 Å². The standard InChI is InChI=1S/C20H19N3O2/c1-22(2)9-10-23-19(24)14-7-8-16(21)15-11-12-5-3-4-6-13(12)18(17(14)15)20(23)25/h3-8,11H,9-10,21H2,1-2H3. The molecule has 0 aliphatic carbocycles. The van der Waals surface area contributed by atoms with E-state index in [1.54, 1.807) is 12.1 Å². The van der Waals surface area contributed by atoms with Gasteiger partial charge >= 0.3 is 0 Å². The molecular formula is C20H19N3O2. The molecule has 0 radical (unpaired) electrons. The van der Waals surface area contributed by atoms with Crippen molar-refractivity contribution >= 4 is 39.0 Å². The number of hydrogen-bond acceptors (Lipinski definition) is 4. The number of imide groups is 1. The third kappa shape index (κ3) is 2.27.